The number of hydrogen-bond acceptors (Lipinski definition) is 4. The maximum Gasteiger partial charge on any atom is 0.231 e. The first-order valence-electron chi connectivity index (χ1n) is 5.60. The number of carbonyl (C=O) groups excluding carboxylic acids is 2. The monoisotopic (exact) mass is 250 g/mol. The normalized spacial score (nSPS) is 12.3. The van der Waals surface area contributed by atoms with Crippen molar-refractivity contribution in [3.63, 3.8) is 0 Å². The minimum atomic E-state index is -0.523. The Morgan fingerprint density at radius 1 is 1.06 bits per heavy atom. The molecular formula is C12H18N4O2. The molecule has 1 atom stereocenters. The van der Waals surface area contributed by atoms with Crippen LogP contribution in [0.4, 0.5) is 0 Å². The second-order valence-corrected chi connectivity index (χ2v) is 4.00. The molecule has 0 radical (unpaired) electrons. The molecule has 98 valence electrons. The fraction of sp³-hybridized carbons (Fsp3) is 0.333. The van der Waals surface area contributed by atoms with Crippen LogP contribution in [0.2, 0.25) is 0 Å². The molecule has 0 aliphatic carbocycles. The zero-order valence-corrected chi connectivity index (χ0v) is 10.1. The zero-order valence-electron chi connectivity index (χ0n) is 10.1. The minimum Gasteiger partial charge on any atom is -0.369 e. The van der Waals surface area contributed by atoms with E-state index in [0.717, 1.165) is 5.56 Å². The number of carbonyl (C=O) groups is 2. The van der Waals surface area contributed by atoms with E-state index in [9.17, 15) is 9.59 Å². The summed E-state index contributed by atoms with van der Waals surface area (Å²) >= 11 is 0. The van der Waals surface area contributed by atoms with Gasteiger partial charge in [-0.05, 0) is 5.56 Å². The van der Waals surface area contributed by atoms with Crippen LogP contribution in [0, 0.1) is 0 Å². The standard InChI is InChI=1S/C12H18N4O2/c13-6-10(9-4-2-1-3-5-9)16(7-11(14)17)8-12(15)18/h1-5,10H,6-8,13H2,(H2,14,17)(H2,15,18). The van der Waals surface area contributed by atoms with Crippen LogP contribution in [-0.4, -0.2) is 36.3 Å². The lowest BCUT2D eigenvalue weighted by atomic mass is 10.1. The van der Waals surface area contributed by atoms with E-state index in [2.05, 4.69) is 0 Å². The molecule has 0 aliphatic rings. The molecule has 0 aliphatic heterocycles. The van der Waals surface area contributed by atoms with Gasteiger partial charge < -0.3 is 17.2 Å². The third-order valence-electron chi connectivity index (χ3n) is 2.57. The summed E-state index contributed by atoms with van der Waals surface area (Å²) in [5.74, 6) is -1.05. The molecule has 18 heavy (non-hydrogen) atoms. The first-order chi connectivity index (χ1) is 8.54. The second kappa shape index (κ2) is 6.73. The van der Waals surface area contributed by atoms with Crippen molar-refractivity contribution in [3.05, 3.63) is 35.9 Å². The van der Waals surface area contributed by atoms with Gasteiger partial charge in [-0.2, -0.15) is 0 Å². The van der Waals surface area contributed by atoms with Crippen molar-refractivity contribution < 1.29 is 9.59 Å². The molecule has 6 heteroatoms. The van der Waals surface area contributed by atoms with E-state index in [4.69, 9.17) is 17.2 Å². The van der Waals surface area contributed by atoms with Crippen molar-refractivity contribution in [2.24, 2.45) is 17.2 Å². The SMILES string of the molecule is NCC(c1ccccc1)N(CC(N)=O)CC(N)=O. The summed E-state index contributed by atoms with van der Waals surface area (Å²) in [4.78, 5) is 23.6. The summed E-state index contributed by atoms with van der Waals surface area (Å²) < 4.78 is 0. The van der Waals surface area contributed by atoms with Crippen molar-refractivity contribution in [3.8, 4) is 0 Å². The van der Waals surface area contributed by atoms with Crippen molar-refractivity contribution in [1.29, 1.82) is 0 Å². The Morgan fingerprint density at radius 2 is 1.56 bits per heavy atom. The van der Waals surface area contributed by atoms with E-state index in [1.807, 2.05) is 30.3 Å². The van der Waals surface area contributed by atoms with E-state index in [-0.39, 0.29) is 25.7 Å². The first-order valence-corrected chi connectivity index (χ1v) is 5.60. The van der Waals surface area contributed by atoms with Crippen LogP contribution in [0.1, 0.15) is 11.6 Å². The Kier molecular flexibility index (Phi) is 5.29. The highest BCUT2D eigenvalue weighted by Crippen LogP contribution is 2.18. The molecule has 1 unspecified atom stereocenters. The van der Waals surface area contributed by atoms with Gasteiger partial charge in [0.05, 0.1) is 13.1 Å². The Morgan fingerprint density at radius 3 is 1.94 bits per heavy atom. The van der Waals surface area contributed by atoms with Crippen molar-refractivity contribution in [1.82, 2.24) is 4.90 Å². The number of nitrogens with two attached hydrogens (primary N) is 3. The first kappa shape index (κ1) is 14.1. The minimum absolute atomic E-state index is 0.0559. The average molecular weight is 250 g/mol. The van der Waals surface area contributed by atoms with Gasteiger partial charge in [0.2, 0.25) is 11.8 Å². The maximum absolute atomic E-state index is 11.0. The topological polar surface area (TPSA) is 115 Å². The van der Waals surface area contributed by atoms with Gasteiger partial charge in [-0.3, -0.25) is 14.5 Å². The molecule has 1 aromatic carbocycles. The maximum atomic E-state index is 11.0. The number of hydrogen-bond donors (Lipinski definition) is 3. The summed E-state index contributed by atoms with van der Waals surface area (Å²) in [5.41, 5.74) is 17.0. The lowest BCUT2D eigenvalue weighted by Gasteiger charge is -2.29. The predicted octanol–water partition coefficient (Wildman–Crippen LogP) is -1.04. The van der Waals surface area contributed by atoms with Crippen LogP contribution >= 0.6 is 0 Å². The summed E-state index contributed by atoms with van der Waals surface area (Å²) in [6, 6.07) is 9.11. The fourth-order valence-electron chi connectivity index (χ4n) is 1.85. The highest BCUT2D eigenvalue weighted by atomic mass is 16.2. The lowest BCUT2D eigenvalue weighted by Crippen LogP contribution is -2.44. The largest absolute Gasteiger partial charge is 0.369 e. The molecule has 2 amide bonds. The second-order valence-electron chi connectivity index (χ2n) is 4.00. The van der Waals surface area contributed by atoms with Crippen LogP contribution in [-0.2, 0) is 9.59 Å². The van der Waals surface area contributed by atoms with E-state index in [1.54, 1.807) is 4.90 Å². The van der Waals surface area contributed by atoms with Crippen molar-refractivity contribution >= 4 is 11.8 Å². The molecule has 0 saturated heterocycles. The Labute approximate surface area is 106 Å². The van der Waals surface area contributed by atoms with Crippen LogP contribution in [0.15, 0.2) is 30.3 Å². The van der Waals surface area contributed by atoms with E-state index < -0.39 is 11.8 Å². The van der Waals surface area contributed by atoms with Gasteiger partial charge >= 0.3 is 0 Å². The Hall–Kier alpha value is -1.92. The van der Waals surface area contributed by atoms with Gasteiger partial charge in [0.1, 0.15) is 0 Å². The highest BCUT2D eigenvalue weighted by molar-refractivity contribution is 5.79. The summed E-state index contributed by atoms with van der Waals surface area (Å²) in [6.45, 7) is 0.157. The molecule has 1 rings (SSSR count). The van der Waals surface area contributed by atoms with Gasteiger partial charge in [0.15, 0.2) is 0 Å². The zero-order chi connectivity index (χ0) is 13.5. The Bertz CT molecular complexity index is 392. The number of rotatable bonds is 7. The van der Waals surface area contributed by atoms with E-state index >= 15 is 0 Å². The van der Waals surface area contributed by atoms with E-state index in [0.29, 0.717) is 0 Å². The smallest absolute Gasteiger partial charge is 0.231 e. The van der Waals surface area contributed by atoms with Gasteiger partial charge in [-0.15, -0.1) is 0 Å². The van der Waals surface area contributed by atoms with Gasteiger partial charge in [-0.25, -0.2) is 0 Å². The number of nitrogens with zero attached hydrogens (tertiary/aromatic N) is 1. The van der Waals surface area contributed by atoms with E-state index in [1.165, 1.54) is 0 Å². The summed E-state index contributed by atoms with van der Waals surface area (Å²) in [5, 5.41) is 0. The summed E-state index contributed by atoms with van der Waals surface area (Å²) in [7, 11) is 0. The van der Waals surface area contributed by atoms with Crippen molar-refractivity contribution in [2.45, 2.75) is 6.04 Å². The fourth-order valence-corrected chi connectivity index (χ4v) is 1.85. The average Bonchev–Trinajstić information content (AvgIpc) is 2.29. The van der Waals surface area contributed by atoms with Gasteiger partial charge in [-0.1, -0.05) is 30.3 Å². The number of primary amides is 2. The molecular weight excluding hydrogens is 232 g/mol. The number of benzene rings is 1. The molecule has 0 aromatic heterocycles. The quantitative estimate of drug-likeness (QED) is 0.573. The Balaban J connectivity index is 2.92. The van der Waals surface area contributed by atoms with Gasteiger partial charge in [0, 0.05) is 12.6 Å². The van der Waals surface area contributed by atoms with Crippen molar-refractivity contribution in [2.75, 3.05) is 19.6 Å². The molecule has 0 saturated carbocycles. The molecule has 0 heterocycles. The molecule has 0 spiro atoms. The molecule has 6 N–H and O–H groups in total. The predicted molar refractivity (Wildman–Crippen MR) is 68.2 cm³/mol. The van der Waals surface area contributed by atoms with Crippen LogP contribution in [0.25, 0.3) is 0 Å². The third kappa shape index (κ3) is 4.15. The summed E-state index contributed by atoms with van der Waals surface area (Å²) in [6.07, 6.45) is 0. The highest BCUT2D eigenvalue weighted by Gasteiger charge is 2.21. The molecule has 1 aromatic rings. The molecule has 0 fully saturated rings. The number of amides is 2. The third-order valence-corrected chi connectivity index (χ3v) is 2.57. The lowest BCUT2D eigenvalue weighted by molar-refractivity contribution is -0.122. The molecule has 0 bridgehead atoms. The van der Waals surface area contributed by atoms with Gasteiger partial charge in [0.25, 0.3) is 0 Å². The van der Waals surface area contributed by atoms with Crippen LogP contribution < -0.4 is 17.2 Å². The van der Waals surface area contributed by atoms with Crippen LogP contribution in [0.5, 0.6) is 0 Å². The molecule has 6 nitrogen and oxygen atoms in total. The van der Waals surface area contributed by atoms with Crippen LogP contribution in [0.3, 0.4) is 0 Å².